The number of amides is 1. The molecule has 1 atom stereocenters. The Bertz CT molecular complexity index is 774. The number of hydrogen-bond donors (Lipinski definition) is 1. The Labute approximate surface area is 167 Å². The lowest BCUT2D eigenvalue weighted by Gasteiger charge is -2.21. The molecule has 0 saturated heterocycles. The molecule has 2 aromatic carbocycles. The van der Waals surface area contributed by atoms with E-state index in [1.807, 2.05) is 18.2 Å². The summed E-state index contributed by atoms with van der Waals surface area (Å²) in [7, 11) is 4.68. The standard InChI is InChI=1S/C23H29NO4/c1-16(2)19(18-9-7-6-8-10-18)15-24-22(25)12-11-17-13-20(26-3)23(28-5)21(14-17)27-4/h6-14,16,19H,15H2,1-5H3,(H,24,25)/b12-11+. The maximum atomic E-state index is 12.3. The molecule has 0 aliphatic rings. The summed E-state index contributed by atoms with van der Waals surface area (Å²) >= 11 is 0. The third-order valence-electron chi connectivity index (χ3n) is 4.64. The summed E-state index contributed by atoms with van der Waals surface area (Å²) in [6, 6.07) is 13.8. The van der Waals surface area contributed by atoms with Crippen LogP contribution in [0.15, 0.2) is 48.5 Å². The van der Waals surface area contributed by atoms with Gasteiger partial charge in [0.05, 0.1) is 21.3 Å². The lowest BCUT2D eigenvalue weighted by molar-refractivity contribution is -0.116. The Morgan fingerprint density at radius 2 is 1.61 bits per heavy atom. The molecule has 5 nitrogen and oxygen atoms in total. The molecule has 0 aliphatic heterocycles. The van der Waals surface area contributed by atoms with Gasteiger partial charge in [0.25, 0.3) is 0 Å². The number of ether oxygens (including phenoxy) is 3. The van der Waals surface area contributed by atoms with E-state index in [-0.39, 0.29) is 11.8 Å². The second-order valence-electron chi connectivity index (χ2n) is 6.80. The van der Waals surface area contributed by atoms with Gasteiger partial charge in [0.1, 0.15) is 0 Å². The average Bonchev–Trinajstić information content (AvgIpc) is 2.71. The topological polar surface area (TPSA) is 56.8 Å². The summed E-state index contributed by atoms with van der Waals surface area (Å²) in [5.74, 6) is 2.16. The first kappa shape index (κ1) is 21.4. The quantitative estimate of drug-likeness (QED) is 0.657. The zero-order chi connectivity index (χ0) is 20.5. The molecular weight excluding hydrogens is 354 g/mol. The van der Waals surface area contributed by atoms with Crippen molar-refractivity contribution < 1.29 is 19.0 Å². The first-order valence-corrected chi connectivity index (χ1v) is 9.31. The van der Waals surface area contributed by atoms with Crippen molar-refractivity contribution in [1.29, 1.82) is 0 Å². The smallest absolute Gasteiger partial charge is 0.244 e. The van der Waals surface area contributed by atoms with E-state index < -0.39 is 0 Å². The summed E-state index contributed by atoms with van der Waals surface area (Å²) in [5.41, 5.74) is 2.01. The molecule has 0 bridgehead atoms. The maximum absolute atomic E-state index is 12.3. The summed E-state index contributed by atoms with van der Waals surface area (Å²) in [6.07, 6.45) is 3.25. The van der Waals surface area contributed by atoms with Crippen LogP contribution in [0, 0.1) is 5.92 Å². The van der Waals surface area contributed by atoms with Crippen molar-refractivity contribution in [2.75, 3.05) is 27.9 Å². The molecule has 1 N–H and O–H groups in total. The fourth-order valence-electron chi connectivity index (χ4n) is 3.08. The van der Waals surface area contributed by atoms with Gasteiger partial charge in [-0.2, -0.15) is 0 Å². The minimum atomic E-state index is -0.143. The Kier molecular flexibility index (Phi) is 7.93. The normalized spacial score (nSPS) is 12.1. The Hall–Kier alpha value is -2.95. The molecular formula is C23H29NO4. The van der Waals surface area contributed by atoms with Crippen LogP contribution in [-0.4, -0.2) is 33.8 Å². The van der Waals surface area contributed by atoms with Crippen LogP contribution in [0.4, 0.5) is 0 Å². The molecule has 2 rings (SSSR count). The second kappa shape index (κ2) is 10.4. The fraction of sp³-hybridized carbons (Fsp3) is 0.348. The molecule has 2 aromatic rings. The van der Waals surface area contributed by atoms with E-state index in [0.717, 1.165) is 5.56 Å². The number of benzene rings is 2. The lowest BCUT2D eigenvalue weighted by Crippen LogP contribution is -2.29. The molecule has 0 saturated carbocycles. The number of nitrogens with one attached hydrogen (secondary N) is 1. The number of carbonyl (C=O) groups excluding carboxylic acids is 1. The van der Waals surface area contributed by atoms with Crippen molar-refractivity contribution in [1.82, 2.24) is 5.32 Å². The molecule has 28 heavy (non-hydrogen) atoms. The predicted molar refractivity (Wildman–Crippen MR) is 112 cm³/mol. The minimum Gasteiger partial charge on any atom is -0.493 e. The summed E-state index contributed by atoms with van der Waals surface area (Å²) in [5, 5.41) is 3.00. The van der Waals surface area contributed by atoms with E-state index in [0.29, 0.717) is 29.7 Å². The van der Waals surface area contributed by atoms with Crippen LogP contribution in [-0.2, 0) is 4.79 Å². The molecule has 0 heterocycles. The Morgan fingerprint density at radius 3 is 2.11 bits per heavy atom. The minimum absolute atomic E-state index is 0.143. The molecule has 0 radical (unpaired) electrons. The summed E-state index contributed by atoms with van der Waals surface area (Å²) in [4.78, 5) is 12.3. The van der Waals surface area contributed by atoms with Gasteiger partial charge in [0, 0.05) is 18.5 Å². The van der Waals surface area contributed by atoms with Crippen LogP contribution in [0.3, 0.4) is 0 Å². The zero-order valence-corrected chi connectivity index (χ0v) is 17.2. The maximum Gasteiger partial charge on any atom is 0.244 e. The fourth-order valence-corrected chi connectivity index (χ4v) is 3.08. The third-order valence-corrected chi connectivity index (χ3v) is 4.64. The third kappa shape index (κ3) is 5.52. The summed E-state index contributed by atoms with van der Waals surface area (Å²) < 4.78 is 16.0. The van der Waals surface area contributed by atoms with Crippen LogP contribution in [0.5, 0.6) is 17.2 Å². The van der Waals surface area contributed by atoms with Crippen molar-refractivity contribution in [3.8, 4) is 17.2 Å². The number of rotatable bonds is 9. The highest BCUT2D eigenvalue weighted by Gasteiger charge is 2.16. The van der Waals surface area contributed by atoms with Gasteiger partial charge in [-0.1, -0.05) is 44.2 Å². The molecule has 0 aromatic heterocycles. The highest BCUT2D eigenvalue weighted by molar-refractivity contribution is 5.92. The van der Waals surface area contributed by atoms with E-state index >= 15 is 0 Å². The Balaban J connectivity index is 2.07. The second-order valence-corrected chi connectivity index (χ2v) is 6.80. The molecule has 0 spiro atoms. The highest BCUT2D eigenvalue weighted by Crippen LogP contribution is 2.38. The van der Waals surface area contributed by atoms with Crippen molar-refractivity contribution in [2.45, 2.75) is 19.8 Å². The van der Waals surface area contributed by atoms with E-state index in [9.17, 15) is 4.79 Å². The van der Waals surface area contributed by atoms with Crippen LogP contribution in [0.25, 0.3) is 6.08 Å². The van der Waals surface area contributed by atoms with Gasteiger partial charge in [-0.25, -0.2) is 0 Å². The van der Waals surface area contributed by atoms with Gasteiger partial charge in [0.2, 0.25) is 11.7 Å². The van der Waals surface area contributed by atoms with Crippen LogP contribution >= 0.6 is 0 Å². The molecule has 1 unspecified atom stereocenters. The van der Waals surface area contributed by atoms with E-state index in [2.05, 4.69) is 31.3 Å². The molecule has 0 fully saturated rings. The average molecular weight is 383 g/mol. The summed E-state index contributed by atoms with van der Waals surface area (Å²) in [6.45, 7) is 4.91. The first-order chi connectivity index (χ1) is 13.5. The van der Waals surface area contributed by atoms with Gasteiger partial charge < -0.3 is 19.5 Å². The van der Waals surface area contributed by atoms with Crippen molar-refractivity contribution in [3.05, 3.63) is 59.7 Å². The predicted octanol–water partition coefficient (Wildman–Crippen LogP) is 4.28. The van der Waals surface area contributed by atoms with E-state index in [1.54, 1.807) is 39.5 Å². The SMILES string of the molecule is COc1cc(/C=C/C(=O)NCC(c2ccccc2)C(C)C)cc(OC)c1OC. The Morgan fingerprint density at radius 1 is 1.00 bits per heavy atom. The van der Waals surface area contributed by atoms with Gasteiger partial charge in [0.15, 0.2) is 11.5 Å². The van der Waals surface area contributed by atoms with Gasteiger partial charge in [-0.3, -0.25) is 4.79 Å². The number of methoxy groups -OCH3 is 3. The van der Waals surface area contributed by atoms with E-state index in [4.69, 9.17) is 14.2 Å². The van der Waals surface area contributed by atoms with Crippen molar-refractivity contribution >= 4 is 12.0 Å². The van der Waals surface area contributed by atoms with Gasteiger partial charge in [-0.15, -0.1) is 0 Å². The number of hydrogen-bond acceptors (Lipinski definition) is 4. The molecule has 1 amide bonds. The van der Waals surface area contributed by atoms with Crippen LogP contribution < -0.4 is 19.5 Å². The highest BCUT2D eigenvalue weighted by atomic mass is 16.5. The van der Waals surface area contributed by atoms with Crippen molar-refractivity contribution in [3.63, 3.8) is 0 Å². The van der Waals surface area contributed by atoms with Gasteiger partial charge in [-0.05, 0) is 35.3 Å². The zero-order valence-electron chi connectivity index (χ0n) is 17.2. The molecule has 0 aliphatic carbocycles. The van der Waals surface area contributed by atoms with Crippen LogP contribution in [0.2, 0.25) is 0 Å². The lowest BCUT2D eigenvalue weighted by atomic mass is 9.88. The van der Waals surface area contributed by atoms with E-state index in [1.165, 1.54) is 11.6 Å². The molecule has 150 valence electrons. The molecule has 5 heteroatoms. The first-order valence-electron chi connectivity index (χ1n) is 9.31. The largest absolute Gasteiger partial charge is 0.493 e. The number of carbonyl (C=O) groups is 1. The van der Waals surface area contributed by atoms with Gasteiger partial charge >= 0.3 is 0 Å². The monoisotopic (exact) mass is 383 g/mol. The van der Waals surface area contributed by atoms with Crippen molar-refractivity contribution in [2.24, 2.45) is 5.92 Å². The van der Waals surface area contributed by atoms with Crippen LogP contribution in [0.1, 0.15) is 30.9 Å².